The molecule has 0 spiro atoms. The second-order valence-electron chi connectivity index (χ2n) is 8.63. The number of carbonyl (C=O) groups is 3. The number of nitrogen functional groups attached to an aromatic ring is 1. The van der Waals surface area contributed by atoms with Crippen molar-refractivity contribution in [2.24, 2.45) is 0 Å². The van der Waals surface area contributed by atoms with E-state index in [1.807, 2.05) is 0 Å². The first-order chi connectivity index (χ1) is 19.3. The lowest BCUT2D eigenvalue weighted by molar-refractivity contribution is -0.111. The number of carbonyl (C=O) groups excluding carboxylic acids is 3. The van der Waals surface area contributed by atoms with Gasteiger partial charge < -0.3 is 30.4 Å². The second kappa shape index (κ2) is 14.9. The molecule has 3 rings (SSSR count). The van der Waals surface area contributed by atoms with Crippen LogP contribution in [0.25, 0.3) is 0 Å². The molecule has 0 saturated heterocycles. The zero-order valence-electron chi connectivity index (χ0n) is 22.3. The number of amides is 3. The van der Waals surface area contributed by atoms with E-state index < -0.39 is 24.2 Å². The maximum absolute atomic E-state index is 12.8. The highest BCUT2D eigenvalue weighted by atomic mass is 16.6. The van der Waals surface area contributed by atoms with Crippen molar-refractivity contribution in [3.8, 4) is 11.5 Å². The molecule has 40 heavy (non-hydrogen) atoms. The van der Waals surface area contributed by atoms with Gasteiger partial charge >= 0.3 is 6.09 Å². The van der Waals surface area contributed by atoms with Crippen LogP contribution in [0, 0.1) is 0 Å². The molecule has 0 unspecified atom stereocenters. The quantitative estimate of drug-likeness (QED) is 0.183. The fourth-order valence-electron chi connectivity index (χ4n) is 3.91. The lowest BCUT2D eigenvalue weighted by atomic mass is 9.99. The number of para-hydroxylation sites is 2. The average molecular weight is 548 g/mol. The summed E-state index contributed by atoms with van der Waals surface area (Å²) >= 11 is 0. The number of rotatable bonds is 12. The Labute approximate surface area is 232 Å². The van der Waals surface area contributed by atoms with Crippen LogP contribution in [0.2, 0.25) is 0 Å². The monoisotopic (exact) mass is 547 g/mol. The summed E-state index contributed by atoms with van der Waals surface area (Å²) in [4.78, 5) is 37.6. The van der Waals surface area contributed by atoms with Crippen LogP contribution < -0.4 is 21.1 Å². The Hall–Kier alpha value is -4.83. The van der Waals surface area contributed by atoms with E-state index in [0.717, 1.165) is 0 Å². The van der Waals surface area contributed by atoms with Gasteiger partial charge in [-0.1, -0.05) is 42.5 Å². The van der Waals surface area contributed by atoms with E-state index in [1.165, 1.54) is 25.3 Å². The van der Waals surface area contributed by atoms with E-state index in [-0.39, 0.29) is 17.4 Å². The van der Waals surface area contributed by atoms with Crippen molar-refractivity contribution in [2.75, 3.05) is 24.8 Å². The first kappa shape index (κ1) is 29.7. The van der Waals surface area contributed by atoms with Crippen LogP contribution in [-0.2, 0) is 14.3 Å². The molecule has 210 valence electrons. The Morgan fingerprint density at radius 1 is 1.02 bits per heavy atom. The summed E-state index contributed by atoms with van der Waals surface area (Å²) in [6.07, 6.45) is 1.16. The van der Waals surface area contributed by atoms with Crippen molar-refractivity contribution >= 4 is 29.3 Å². The van der Waals surface area contributed by atoms with Gasteiger partial charge in [-0.2, -0.15) is 0 Å². The molecular formula is C30H33N3O7. The first-order valence-corrected chi connectivity index (χ1v) is 12.7. The third-order valence-corrected chi connectivity index (χ3v) is 5.84. The molecule has 0 radical (unpaired) electrons. The summed E-state index contributed by atoms with van der Waals surface area (Å²) in [5, 5.41) is 15.3. The van der Waals surface area contributed by atoms with Gasteiger partial charge in [0.1, 0.15) is 0 Å². The number of nitrogens with two attached hydrogens (primary N) is 1. The molecule has 3 aromatic rings. The van der Waals surface area contributed by atoms with Crippen LogP contribution >= 0.6 is 0 Å². The van der Waals surface area contributed by atoms with Gasteiger partial charge in [0.25, 0.3) is 5.91 Å². The van der Waals surface area contributed by atoms with Gasteiger partial charge in [-0.15, -0.1) is 0 Å². The number of aromatic hydroxyl groups is 1. The summed E-state index contributed by atoms with van der Waals surface area (Å²) in [5.41, 5.74) is 7.55. The number of alkyl carbamates (subject to hydrolysis) is 1. The Morgan fingerprint density at radius 2 is 1.75 bits per heavy atom. The summed E-state index contributed by atoms with van der Waals surface area (Å²) in [6.45, 7) is 2.09. The number of anilines is 2. The summed E-state index contributed by atoms with van der Waals surface area (Å²) in [5.74, 6) is -0.881. The second-order valence-corrected chi connectivity index (χ2v) is 8.63. The number of phenols is 1. The molecule has 10 heteroatoms. The third-order valence-electron chi connectivity index (χ3n) is 5.84. The van der Waals surface area contributed by atoms with Gasteiger partial charge in [0, 0.05) is 12.2 Å². The molecule has 0 aliphatic heterocycles. The number of hydrogen-bond donors (Lipinski definition) is 4. The lowest BCUT2D eigenvalue weighted by Crippen LogP contribution is -2.35. The zero-order valence-corrected chi connectivity index (χ0v) is 22.3. The van der Waals surface area contributed by atoms with Crippen molar-refractivity contribution in [2.45, 2.75) is 32.0 Å². The molecule has 0 saturated carbocycles. The minimum atomic E-state index is -0.994. The molecule has 5 N–H and O–H groups in total. The van der Waals surface area contributed by atoms with Gasteiger partial charge in [-0.05, 0) is 67.8 Å². The molecule has 3 amide bonds. The van der Waals surface area contributed by atoms with Crippen LogP contribution in [-0.4, -0.2) is 42.8 Å². The third kappa shape index (κ3) is 8.60. The summed E-state index contributed by atoms with van der Waals surface area (Å²) in [7, 11) is 1.42. The summed E-state index contributed by atoms with van der Waals surface area (Å²) in [6, 6.07) is 19.8. The Balaban J connectivity index is 1.74. The predicted octanol–water partition coefficient (Wildman–Crippen LogP) is 4.97. The van der Waals surface area contributed by atoms with Crippen LogP contribution in [0.3, 0.4) is 0 Å². The Kier molecular flexibility index (Phi) is 11.1. The van der Waals surface area contributed by atoms with Gasteiger partial charge in [0.2, 0.25) is 5.91 Å². The molecule has 0 aliphatic rings. The SMILES string of the molecule is CCO[C@H](CC/C=C/C(=O)Nc1ccccc1N)[C@H](OC(=O)NC(=O)c1ccccc1)c1ccc(OC)c(O)c1. The smallest absolute Gasteiger partial charge is 0.414 e. The highest BCUT2D eigenvalue weighted by Gasteiger charge is 2.29. The molecule has 0 heterocycles. The number of allylic oxidation sites excluding steroid dienone is 1. The highest BCUT2D eigenvalue weighted by Crippen LogP contribution is 2.34. The Bertz CT molecular complexity index is 1330. The minimum Gasteiger partial charge on any atom is -0.504 e. The number of imide groups is 1. The largest absolute Gasteiger partial charge is 0.504 e. The molecule has 0 bridgehead atoms. The van der Waals surface area contributed by atoms with Crippen LogP contribution in [0.15, 0.2) is 84.9 Å². The zero-order chi connectivity index (χ0) is 28.9. The maximum Gasteiger partial charge on any atom is 0.414 e. The topological polar surface area (TPSA) is 149 Å². The molecule has 0 aromatic heterocycles. The number of benzene rings is 3. The van der Waals surface area contributed by atoms with Gasteiger partial charge in [0.05, 0.1) is 24.6 Å². The van der Waals surface area contributed by atoms with Crippen molar-refractivity contribution in [3.05, 3.63) is 96.1 Å². The summed E-state index contributed by atoms with van der Waals surface area (Å²) < 4.78 is 16.7. The normalized spacial score (nSPS) is 12.3. The van der Waals surface area contributed by atoms with Gasteiger partial charge in [0.15, 0.2) is 17.6 Å². The van der Waals surface area contributed by atoms with Crippen molar-refractivity contribution < 1.29 is 33.7 Å². The van der Waals surface area contributed by atoms with Crippen LogP contribution in [0.4, 0.5) is 16.2 Å². The number of methoxy groups -OCH3 is 1. The molecular weight excluding hydrogens is 514 g/mol. The molecule has 10 nitrogen and oxygen atoms in total. The van der Waals surface area contributed by atoms with E-state index in [2.05, 4.69) is 10.6 Å². The van der Waals surface area contributed by atoms with Gasteiger partial charge in [-0.3, -0.25) is 14.9 Å². The van der Waals surface area contributed by atoms with Crippen LogP contribution in [0.1, 0.15) is 41.8 Å². The van der Waals surface area contributed by atoms with E-state index in [9.17, 15) is 19.5 Å². The molecule has 0 fully saturated rings. The fourth-order valence-corrected chi connectivity index (χ4v) is 3.91. The number of phenolic OH excluding ortho intramolecular Hbond substituents is 1. The standard InChI is InChI=1S/C30H33N3O7/c1-3-39-26(15-9-10-16-27(35)32-23-14-8-7-13-22(23)31)28(21-17-18-25(38-2)24(34)19-21)40-30(37)33-29(36)20-11-5-4-6-12-20/h4-8,10-14,16-19,26,28,34H,3,9,15,31H2,1-2H3,(H,32,35)(H,33,36,37)/b16-10+/t26-,28-/m1/s1. The molecule has 2 atom stereocenters. The maximum atomic E-state index is 12.8. The number of ether oxygens (including phenoxy) is 3. The fraction of sp³-hybridized carbons (Fsp3) is 0.233. The molecule has 0 aliphatic carbocycles. The minimum absolute atomic E-state index is 0.152. The van der Waals surface area contributed by atoms with Crippen molar-refractivity contribution in [1.82, 2.24) is 5.32 Å². The predicted molar refractivity (Wildman–Crippen MR) is 151 cm³/mol. The lowest BCUT2D eigenvalue weighted by Gasteiger charge is -2.27. The van der Waals surface area contributed by atoms with Gasteiger partial charge in [-0.25, -0.2) is 4.79 Å². The van der Waals surface area contributed by atoms with E-state index in [0.29, 0.717) is 42.0 Å². The average Bonchev–Trinajstić information content (AvgIpc) is 2.95. The Morgan fingerprint density at radius 3 is 2.42 bits per heavy atom. The van der Waals surface area contributed by atoms with E-state index in [1.54, 1.807) is 73.7 Å². The highest BCUT2D eigenvalue weighted by molar-refractivity contribution is 6.03. The number of hydrogen-bond acceptors (Lipinski definition) is 8. The van der Waals surface area contributed by atoms with Crippen molar-refractivity contribution in [1.29, 1.82) is 0 Å². The first-order valence-electron chi connectivity index (χ1n) is 12.7. The van der Waals surface area contributed by atoms with E-state index in [4.69, 9.17) is 19.9 Å². The molecule has 3 aromatic carbocycles. The van der Waals surface area contributed by atoms with Crippen molar-refractivity contribution in [3.63, 3.8) is 0 Å². The number of nitrogens with one attached hydrogen (secondary N) is 2. The van der Waals surface area contributed by atoms with E-state index >= 15 is 0 Å². The van der Waals surface area contributed by atoms with Crippen LogP contribution in [0.5, 0.6) is 11.5 Å².